The molecule has 3 rings (SSSR count). The summed E-state index contributed by atoms with van der Waals surface area (Å²) in [6, 6.07) is 12.1. The highest BCUT2D eigenvalue weighted by Crippen LogP contribution is 2.24. The summed E-state index contributed by atoms with van der Waals surface area (Å²) in [4.78, 5) is 25.3. The summed E-state index contributed by atoms with van der Waals surface area (Å²) in [6.45, 7) is 9.97. The Kier molecular flexibility index (Phi) is 6.68. The van der Waals surface area contributed by atoms with E-state index in [2.05, 4.69) is 36.2 Å². The predicted octanol–water partition coefficient (Wildman–Crippen LogP) is 3.49. The Morgan fingerprint density at radius 2 is 1.86 bits per heavy atom. The van der Waals surface area contributed by atoms with Gasteiger partial charge in [-0.05, 0) is 12.8 Å². The van der Waals surface area contributed by atoms with E-state index in [-0.39, 0.29) is 6.09 Å². The maximum absolute atomic E-state index is 11.9. The molecule has 0 spiro atoms. The summed E-state index contributed by atoms with van der Waals surface area (Å²) in [5.41, 5.74) is 1.95. The number of nitrogens with one attached hydrogen (secondary N) is 1. The molecule has 1 N–H and O–H groups in total. The molecule has 0 bridgehead atoms. The maximum Gasteiger partial charge on any atom is 0.409 e. The topological polar surface area (TPSA) is 70.6 Å². The highest BCUT2D eigenvalue weighted by molar-refractivity contribution is 5.68. The van der Waals surface area contributed by atoms with E-state index in [1.165, 1.54) is 0 Å². The smallest absolute Gasteiger partial charge is 0.409 e. The van der Waals surface area contributed by atoms with Gasteiger partial charge < -0.3 is 19.9 Å². The lowest BCUT2D eigenvalue weighted by atomic mass is 10.1. The van der Waals surface area contributed by atoms with Gasteiger partial charge in [0.15, 0.2) is 0 Å². The first-order chi connectivity index (χ1) is 13.6. The molecular formula is C21H29N5O2. The lowest BCUT2D eigenvalue weighted by molar-refractivity contribution is 0.105. The zero-order valence-electron chi connectivity index (χ0n) is 16.9. The maximum atomic E-state index is 11.9. The minimum atomic E-state index is -0.250. The van der Waals surface area contributed by atoms with Crippen LogP contribution in [0.25, 0.3) is 11.3 Å². The van der Waals surface area contributed by atoms with Crippen LogP contribution in [-0.2, 0) is 4.74 Å². The lowest BCUT2D eigenvalue weighted by Crippen LogP contribution is -2.49. The van der Waals surface area contributed by atoms with Gasteiger partial charge in [-0.1, -0.05) is 44.2 Å². The molecule has 7 nitrogen and oxygen atoms in total. The summed E-state index contributed by atoms with van der Waals surface area (Å²) in [7, 11) is 0. The van der Waals surface area contributed by atoms with Gasteiger partial charge in [0.05, 0.1) is 12.3 Å². The number of rotatable bonds is 6. The first-order valence-electron chi connectivity index (χ1n) is 9.92. The average Bonchev–Trinajstić information content (AvgIpc) is 2.73. The van der Waals surface area contributed by atoms with E-state index >= 15 is 0 Å². The van der Waals surface area contributed by atoms with E-state index in [0.29, 0.717) is 44.7 Å². The van der Waals surface area contributed by atoms with Crippen molar-refractivity contribution in [1.82, 2.24) is 14.9 Å². The van der Waals surface area contributed by atoms with E-state index in [0.717, 1.165) is 23.6 Å². The molecule has 0 aliphatic carbocycles. The summed E-state index contributed by atoms with van der Waals surface area (Å²) in [6.07, 6.45) is -0.250. The van der Waals surface area contributed by atoms with Crippen LogP contribution >= 0.6 is 0 Å². The van der Waals surface area contributed by atoms with Crippen molar-refractivity contribution < 1.29 is 9.53 Å². The zero-order chi connectivity index (χ0) is 19.9. The van der Waals surface area contributed by atoms with Crippen LogP contribution in [0.1, 0.15) is 20.8 Å². The van der Waals surface area contributed by atoms with Crippen LogP contribution in [0.15, 0.2) is 36.4 Å². The normalized spacial score (nSPS) is 14.3. The standard InChI is InChI=1S/C21H29N5O2/c1-4-28-21(27)26-12-10-25(11-13-26)20-23-18(17-8-6-5-7-9-17)14-19(24-20)22-15-16(2)3/h5-9,14,16H,4,10-13,15H2,1-3H3,(H,22,23,24). The molecule has 1 aliphatic rings. The number of carbonyl (C=O) groups excluding carboxylic acids is 1. The molecule has 2 aromatic rings. The van der Waals surface area contributed by atoms with Crippen LogP contribution in [0.2, 0.25) is 0 Å². The van der Waals surface area contributed by atoms with Crippen molar-refractivity contribution in [2.75, 3.05) is 49.5 Å². The Bertz CT molecular complexity index is 774. The van der Waals surface area contributed by atoms with Crippen molar-refractivity contribution in [3.05, 3.63) is 36.4 Å². The molecule has 28 heavy (non-hydrogen) atoms. The molecule has 150 valence electrons. The van der Waals surface area contributed by atoms with Gasteiger partial charge in [0.2, 0.25) is 5.95 Å². The van der Waals surface area contributed by atoms with Gasteiger partial charge in [0.25, 0.3) is 0 Å². The summed E-state index contributed by atoms with van der Waals surface area (Å²) in [5.74, 6) is 2.04. The fourth-order valence-electron chi connectivity index (χ4n) is 3.04. The molecule has 0 atom stereocenters. The monoisotopic (exact) mass is 383 g/mol. The highest BCUT2D eigenvalue weighted by Gasteiger charge is 2.24. The van der Waals surface area contributed by atoms with Gasteiger partial charge in [-0.15, -0.1) is 0 Å². The van der Waals surface area contributed by atoms with Crippen molar-refractivity contribution in [3.63, 3.8) is 0 Å². The Morgan fingerprint density at radius 3 is 2.50 bits per heavy atom. The van der Waals surface area contributed by atoms with Crippen LogP contribution in [-0.4, -0.2) is 60.3 Å². The van der Waals surface area contributed by atoms with Crippen molar-refractivity contribution in [2.45, 2.75) is 20.8 Å². The van der Waals surface area contributed by atoms with E-state index in [4.69, 9.17) is 14.7 Å². The SMILES string of the molecule is CCOC(=O)N1CCN(c2nc(NCC(C)C)cc(-c3ccccc3)n2)CC1. The summed E-state index contributed by atoms with van der Waals surface area (Å²) >= 11 is 0. The van der Waals surface area contributed by atoms with Crippen LogP contribution in [0, 0.1) is 5.92 Å². The number of hydrogen-bond donors (Lipinski definition) is 1. The van der Waals surface area contributed by atoms with Crippen LogP contribution < -0.4 is 10.2 Å². The molecule has 1 aromatic heterocycles. The fraction of sp³-hybridized carbons (Fsp3) is 0.476. The lowest BCUT2D eigenvalue weighted by Gasteiger charge is -2.34. The van der Waals surface area contributed by atoms with Crippen molar-refractivity contribution in [3.8, 4) is 11.3 Å². The van der Waals surface area contributed by atoms with Gasteiger partial charge in [0, 0.05) is 44.4 Å². The predicted molar refractivity (Wildman–Crippen MR) is 112 cm³/mol. The van der Waals surface area contributed by atoms with Gasteiger partial charge in [-0.3, -0.25) is 0 Å². The molecule has 1 aromatic carbocycles. The summed E-state index contributed by atoms with van der Waals surface area (Å²) < 4.78 is 5.10. The number of amides is 1. The van der Waals surface area contributed by atoms with E-state index in [1.807, 2.05) is 31.2 Å². The van der Waals surface area contributed by atoms with Crippen LogP contribution in [0.3, 0.4) is 0 Å². The first-order valence-corrected chi connectivity index (χ1v) is 9.92. The number of nitrogens with zero attached hydrogens (tertiary/aromatic N) is 4. The molecule has 1 aliphatic heterocycles. The third-order valence-corrected chi connectivity index (χ3v) is 4.56. The second-order valence-corrected chi connectivity index (χ2v) is 7.25. The number of aromatic nitrogens is 2. The number of hydrogen-bond acceptors (Lipinski definition) is 6. The molecule has 0 radical (unpaired) electrons. The van der Waals surface area contributed by atoms with Crippen molar-refractivity contribution in [2.24, 2.45) is 5.92 Å². The average molecular weight is 383 g/mol. The Morgan fingerprint density at radius 1 is 1.14 bits per heavy atom. The van der Waals surface area contributed by atoms with Gasteiger partial charge in [-0.25, -0.2) is 9.78 Å². The molecule has 7 heteroatoms. The minimum Gasteiger partial charge on any atom is -0.450 e. The Balaban J connectivity index is 1.80. The Hall–Kier alpha value is -2.83. The number of ether oxygens (including phenoxy) is 1. The van der Waals surface area contributed by atoms with Gasteiger partial charge in [0.1, 0.15) is 5.82 Å². The quantitative estimate of drug-likeness (QED) is 0.823. The molecule has 1 amide bonds. The number of piperazine rings is 1. The molecular weight excluding hydrogens is 354 g/mol. The van der Waals surface area contributed by atoms with E-state index in [9.17, 15) is 4.79 Å². The number of benzene rings is 1. The van der Waals surface area contributed by atoms with Crippen LogP contribution in [0.5, 0.6) is 0 Å². The second-order valence-electron chi connectivity index (χ2n) is 7.25. The molecule has 1 saturated heterocycles. The van der Waals surface area contributed by atoms with Crippen LogP contribution in [0.4, 0.5) is 16.6 Å². The van der Waals surface area contributed by atoms with Crippen molar-refractivity contribution >= 4 is 17.9 Å². The minimum absolute atomic E-state index is 0.250. The third-order valence-electron chi connectivity index (χ3n) is 4.56. The summed E-state index contributed by atoms with van der Waals surface area (Å²) in [5, 5.41) is 3.42. The number of carbonyl (C=O) groups is 1. The van der Waals surface area contributed by atoms with Gasteiger partial charge in [-0.2, -0.15) is 4.98 Å². The zero-order valence-corrected chi connectivity index (χ0v) is 16.9. The second kappa shape index (κ2) is 9.39. The highest BCUT2D eigenvalue weighted by atomic mass is 16.6. The molecule has 0 saturated carbocycles. The first kappa shape index (κ1) is 19.9. The number of anilines is 2. The fourth-order valence-corrected chi connectivity index (χ4v) is 3.04. The van der Waals surface area contributed by atoms with E-state index < -0.39 is 0 Å². The third kappa shape index (κ3) is 5.12. The van der Waals surface area contributed by atoms with E-state index in [1.54, 1.807) is 4.90 Å². The molecule has 1 fully saturated rings. The Labute approximate surface area is 166 Å². The van der Waals surface area contributed by atoms with Gasteiger partial charge >= 0.3 is 6.09 Å². The molecule has 0 unspecified atom stereocenters. The largest absolute Gasteiger partial charge is 0.450 e. The van der Waals surface area contributed by atoms with Crippen molar-refractivity contribution in [1.29, 1.82) is 0 Å². The molecule has 2 heterocycles.